The van der Waals surface area contributed by atoms with Crippen LogP contribution in [0.5, 0.6) is 17.6 Å². The molecule has 0 atom stereocenters. The molecule has 0 saturated heterocycles. The third kappa shape index (κ3) is 4.09. The van der Waals surface area contributed by atoms with E-state index >= 15 is 0 Å². The van der Waals surface area contributed by atoms with Crippen LogP contribution in [0.25, 0.3) is 0 Å². The SMILES string of the molecule is CCOc1ncc(NC(=O)c2ccccc2OC)c(OCC)n1. The summed E-state index contributed by atoms with van der Waals surface area (Å²) in [4.78, 5) is 20.6. The first-order valence-corrected chi connectivity index (χ1v) is 7.26. The Morgan fingerprint density at radius 2 is 1.91 bits per heavy atom. The molecule has 2 aromatic rings. The molecule has 0 bridgehead atoms. The number of hydrogen-bond acceptors (Lipinski definition) is 6. The maximum atomic E-state index is 12.4. The molecule has 1 amide bonds. The van der Waals surface area contributed by atoms with Crippen molar-refractivity contribution in [2.75, 3.05) is 25.6 Å². The van der Waals surface area contributed by atoms with E-state index in [1.165, 1.54) is 13.3 Å². The minimum atomic E-state index is -0.337. The third-order valence-electron chi connectivity index (χ3n) is 2.89. The predicted molar refractivity (Wildman–Crippen MR) is 85.3 cm³/mol. The van der Waals surface area contributed by atoms with Gasteiger partial charge in [-0.25, -0.2) is 4.98 Å². The zero-order valence-corrected chi connectivity index (χ0v) is 13.3. The second-order valence-electron chi connectivity index (χ2n) is 4.39. The average molecular weight is 317 g/mol. The van der Waals surface area contributed by atoms with Gasteiger partial charge in [-0.1, -0.05) is 12.1 Å². The Morgan fingerprint density at radius 1 is 1.17 bits per heavy atom. The number of anilines is 1. The molecule has 0 aliphatic rings. The van der Waals surface area contributed by atoms with E-state index in [0.29, 0.717) is 30.2 Å². The summed E-state index contributed by atoms with van der Waals surface area (Å²) >= 11 is 0. The minimum absolute atomic E-state index is 0.200. The van der Waals surface area contributed by atoms with E-state index in [0.717, 1.165) is 0 Å². The minimum Gasteiger partial charge on any atom is -0.496 e. The van der Waals surface area contributed by atoms with Gasteiger partial charge in [-0.3, -0.25) is 4.79 Å². The number of carbonyl (C=O) groups is 1. The molecule has 0 saturated carbocycles. The van der Waals surface area contributed by atoms with Gasteiger partial charge in [0.1, 0.15) is 11.4 Å². The molecule has 1 aromatic heterocycles. The molecule has 2 rings (SSSR count). The van der Waals surface area contributed by atoms with Gasteiger partial charge in [0.05, 0.1) is 32.1 Å². The third-order valence-corrected chi connectivity index (χ3v) is 2.89. The fraction of sp³-hybridized carbons (Fsp3) is 0.312. The number of ether oxygens (including phenoxy) is 3. The van der Waals surface area contributed by atoms with Crippen molar-refractivity contribution in [2.24, 2.45) is 0 Å². The lowest BCUT2D eigenvalue weighted by molar-refractivity contribution is 0.102. The second kappa shape index (κ2) is 7.98. The van der Waals surface area contributed by atoms with Crippen LogP contribution >= 0.6 is 0 Å². The Bertz CT molecular complexity index is 676. The second-order valence-corrected chi connectivity index (χ2v) is 4.39. The van der Waals surface area contributed by atoms with Gasteiger partial charge in [0.25, 0.3) is 5.91 Å². The number of nitrogens with one attached hydrogen (secondary N) is 1. The van der Waals surface area contributed by atoms with Crippen LogP contribution in [0.15, 0.2) is 30.5 Å². The van der Waals surface area contributed by atoms with Crippen molar-refractivity contribution < 1.29 is 19.0 Å². The van der Waals surface area contributed by atoms with Gasteiger partial charge in [-0.05, 0) is 26.0 Å². The summed E-state index contributed by atoms with van der Waals surface area (Å²) < 4.78 is 15.9. The average Bonchev–Trinajstić information content (AvgIpc) is 2.57. The number of amides is 1. The normalized spacial score (nSPS) is 10.0. The summed E-state index contributed by atoms with van der Waals surface area (Å²) in [7, 11) is 1.51. The molecule has 0 unspecified atom stereocenters. The summed E-state index contributed by atoms with van der Waals surface area (Å²) in [6, 6.07) is 7.14. The lowest BCUT2D eigenvalue weighted by Crippen LogP contribution is -2.15. The molecule has 0 aliphatic heterocycles. The van der Waals surface area contributed by atoms with Crippen LogP contribution in [0, 0.1) is 0 Å². The Kier molecular flexibility index (Phi) is 5.74. The summed E-state index contributed by atoms with van der Waals surface area (Å²) in [5, 5.41) is 2.73. The maximum Gasteiger partial charge on any atom is 0.319 e. The quantitative estimate of drug-likeness (QED) is 0.845. The van der Waals surface area contributed by atoms with E-state index in [4.69, 9.17) is 14.2 Å². The lowest BCUT2D eigenvalue weighted by atomic mass is 10.2. The molecule has 7 heteroatoms. The first kappa shape index (κ1) is 16.5. The summed E-state index contributed by atoms with van der Waals surface area (Å²) in [5.41, 5.74) is 0.776. The molecule has 0 aliphatic carbocycles. The van der Waals surface area contributed by atoms with Crippen molar-refractivity contribution in [1.82, 2.24) is 9.97 Å². The number of methoxy groups -OCH3 is 1. The predicted octanol–water partition coefficient (Wildman–Crippen LogP) is 2.53. The fourth-order valence-electron chi connectivity index (χ4n) is 1.90. The van der Waals surface area contributed by atoms with Crippen molar-refractivity contribution in [3.05, 3.63) is 36.0 Å². The number of para-hydroxylation sites is 1. The molecule has 1 N–H and O–H groups in total. The Hall–Kier alpha value is -2.83. The van der Waals surface area contributed by atoms with Crippen LogP contribution in [0.3, 0.4) is 0 Å². The first-order chi connectivity index (χ1) is 11.2. The lowest BCUT2D eigenvalue weighted by Gasteiger charge is -2.12. The van der Waals surface area contributed by atoms with Gasteiger partial charge >= 0.3 is 6.01 Å². The van der Waals surface area contributed by atoms with Crippen molar-refractivity contribution in [2.45, 2.75) is 13.8 Å². The van der Waals surface area contributed by atoms with Gasteiger partial charge in [0.2, 0.25) is 5.88 Å². The monoisotopic (exact) mass is 317 g/mol. The molecular formula is C16H19N3O4. The van der Waals surface area contributed by atoms with Gasteiger partial charge in [-0.2, -0.15) is 4.98 Å². The number of carbonyl (C=O) groups excluding carboxylic acids is 1. The number of benzene rings is 1. The highest BCUT2D eigenvalue weighted by Gasteiger charge is 2.16. The smallest absolute Gasteiger partial charge is 0.319 e. The van der Waals surface area contributed by atoms with Crippen LogP contribution in [-0.2, 0) is 0 Å². The topological polar surface area (TPSA) is 82.6 Å². The zero-order valence-electron chi connectivity index (χ0n) is 13.3. The molecule has 0 radical (unpaired) electrons. The van der Waals surface area contributed by atoms with Gasteiger partial charge in [0, 0.05) is 0 Å². The molecule has 1 heterocycles. The molecule has 0 fully saturated rings. The number of hydrogen-bond donors (Lipinski definition) is 1. The van der Waals surface area contributed by atoms with Crippen LogP contribution in [-0.4, -0.2) is 36.2 Å². The van der Waals surface area contributed by atoms with E-state index in [9.17, 15) is 4.79 Å². The molecule has 7 nitrogen and oxygen atoms in total. The molecular weight excluding hydrogens is 298 g/mol. The largest absolute Gasteiger partial charge is 0.496 e. The maximum absolute atomic E-state index is 12.4. The number of nitrogens with zero attached hydrogens (tertiary/aromatic N) is 2. The van der Waals surface area contributed by atoms with Crippen molar-refractivity contribution in [3.63, 3.8) is 0 Å². The van der Waals surface area contributed by atoms with Gasteiger partial charge in [0.15, 0.2) is 0 Å². The standard InChI is InChI=1S/C16H19N3O4/c1-4-22-15-12(10-17-16(19-15)23-5-2)18-14(20)11-8-6-7-9-13(11)21-3/h6-10H,4-5H2,1-3H3,(H,18,20). The molecule has 122 valence electrons. The van der Waals surface area contributed by atoms with E-state index in [2.05, 4.69) is 15.3 Å². The van der Waals surface area contributed by atoms with Crippen LogP contribution < -0.4 is 19.5 Å². The molecule has 23 heavy (non-hydrogen) atoms. The Balaban J connectivity index is 2.26. The van der Waals surface area contributed by atoms with Gasteiger partial charge < -0.3 is 19.5 Å². The van der Waals surface area contributed by atoms with E-state index < -0.39 is 0 Å². The summed E-state index contributed by atoms with van der Waals surface area (Å²) in [6.07, 6.45) is 1.45. The number of aromatic nitrogens is 2. The van der Waals surface area contributed by atoms with Crippen molar-refractivity contribution in [1.29, 1.82) is 0 Å². The Morgan fingerprint density at radius 3 is 2.61 bits per heavy atom. The molecule has 0 spiro atoms. The van der Waals surface area contributed by atoms with E-state index in [1.807, 2.05) is 13.8 Å². The fourth-order valence-corrected chi connectivity index (χ4v) is 1.90. The highest BCUT2D eigenvalue weighted by molar-refractivity contribution is 6.06. The van der Waals surface area contributed by atoms with Crippen molar-refractivity contribution >= 4 is 11.6 Å². The van der Waals surface area contributed by atoms with Crippen LogP contribution in [0.1, 0.15) is 24.2 Å². The van der Waals surface area contributed by atoms with E-state index in [1.54, 1.807) is 24.3 Å². The van der Waals surface area contributed by atoms with Gasteiger partial charge in [-0.15, -0.1) is 0 Å². The van der Waals surface area contributed by atoms with Crippen molar-refractivity contribution in [3.8, 4) is 17.6 Å². The first-order valence-electron chi connectivity index (χ1n) is 7.26. The van der Waals surface area contributed by atoms with Crippen LogP contribution in [0.4, 0.5) is 5.69 Å². The molecule has 1 aromatic carbocycles. The van der Waals surface area contributed by atoms with E-state index in [-0.39, 0.29) is 17.8 Å². The number of rotatable bonds is 7. The summed E-state index contributed by atoms with van der Waals surface area (Å²) in [6.45, 7) is 4.51. The Labute approximate surface area is 134 Å². The summed E-state index contributed by atoms with van der Waals surface area (Å²) in [5.74, 6) is 0.403. The highest BCUT2D eigenvalue weighted by Crippen LogP contribution is 2.25. The zero-order chi connectivity index (χ0) is 16.7. The van der Waals surface area contributed by atoms with Crippen LogP contribution in [0.2, 0.25) is 0 Å². The highest BCUT2D eigenvalue weighted by atomic mass is 16.5.